The molecule has 0 saturated carbocycles. The van der Waals surface area contributed by atoms with Gasteiger partial charge in [0, 0.05) is 19.4 Å². The summed E-state index contributed by atoms with van der Waals surface area (Å²) in [5, 5.41) is 12.5. The molecule has 0 unspecified atom stereocenters. The van der Waals surface area contributed by atoms with Crippen molar-refractivity contribution in [2.24, 2.45) is 5.92 Å². The van der Waals surface area contributed by atoms with Crippen molar-refractivity contribution in [2.45, 2.75) is 39.0 Å². The third-order valence-corrected chi connectivity index (χ3v) is 4.75. The minimum atomic E-state index is -0.986. The van der Waals surface area contributed by atoms with E-state index >= 15 is 0 Å². The van der Waals surface area contributed by atoms with Crippen molar-refractivity contribution < 1.29 is 33.6 Å². The Labute approximate surface area is 187 Å². The van der Waals surface area contributed by atoms with Gasteiger partial charge in [-0.1, -0.05) is 32.0 Å². The number of aromatic nitrogens is 1. The van der Waals surface area contributed by atoms with E-state index in [0.717, 1.165) is 0 Å². The quantitative estimate of drug-likeness (QED) is 0.506. The van der Waals surface area contributed by atoms with Crippen LogP contribution >= 0.6 is 0 Å². The SMILES string of the molecule is COc1ccnc(C(=O)N[C@@H](C)C(=O)OC[C@@H](OC)[C@H](Oc2ccccc2)C(C)C)c1O. The highest BCUT2D eigenvalue weighted by Gasteiger charge is 2.29. The number of amides is 1. The Morgan fingerprint density at radius 3 is 2.38 bits per heavy atom. The summed E-state index contributed by atoms with van der Waals surface area (Å²) in [5.74, 6) is -0.942. The lowest BCUT2D eigenvalue weighted by Crippen LogP contribution is -2.44. The molecule has 3 atom stereocenters. The van der Waals surface area contributed by atoms with Crippen LogP contribution in [0.1, 0.15) is 31.3 Å². The highest BCUT2D eigenvalue weighted by atomic mass is 16.6. The van der Waals surface area contributed by atoms with Crippen molar-refractivity contribution in [3.63, 3.8) is 0 Å². The van der Waals surface area contributed by atoms with Crippen molar-refractivity contribution in [3.05, 3.63) is 48.3 Å². The van der Waals surface area contributed by atoms with Gasteiger partial charge in [0.2, 0.25) is 0 Å². The molecule has 1 aromatic carbocycles. The van der Waals surface area contributed by atoms with Crippen LogP contribution in [0.5, 0.6) is 17.2 Å². The van der Waals surface area contributed by atoms with Crippen LogP contribution in [0.4, 0.5) is 0 Å². The molecule has 174 valence electrons. The number of hydrogen-bond acceptors (Lipinski definition) is 8. The normalized spacial score (nSPS) is 13.7. The summed E-state index contributed by atoms with van der Waals surface area (Å²) < 4.78 is 21.9. The summed E-state index contributed by atoms with van der Waals surface area (Å²) in [6, 6.07) is 9.74. The van der Waals surface area contributed by atoms with E-state index in [4.69, 9.17) is 18.9 Å². The van der Waals surface area contributed by atoms with E-state index < -0.39 is 29.8 Å². The number of pyridine rings is 1. The first kappa shape index (κ1) is 24.9. The lowest BCUT2D eigenvalue weighted by molar-refractivity contribution is -0.152. The molecule has 0 aliphatic carbocycles. The molecular weight excluding hydrogens is 416 g/mol. The molecule has 0 bridgehead atoms. The number of esters is 1. The predicted octanol–water partition coefficient (Wildman–Crippen LogP) is 2.58. The van der Waals surface area contributed by atoms with E-state index in [1.807, 2.05) is 44.2 Å². The summed E-state index contributed by atoms with van der Waals surface area (Å²) in [4.78, 5) is 28.7. The van der Waals surface area contributed by atoms with Crippen LogP contribution in [-0.4, -0.2) is 61.0 Å². The van der Waals surface area contributed by atoms with Crippen LogP contribution in [0, 0.1) is 5.92 Å². The van der Waals surface area contributed by atoms with Crippen LogP contribution in [0.2, 0.25) is 0 Å². The Balaban J connectivity index is 1.97. The largest absolute Gasteiger partial charge is 0.503 e. The number of methoxy groups -OCH3 is 2. The van der Waals surface area contributed by atoms with E-state index in [9.17, 15) is 14.7 Å². The average Bonchev–Trinajstić information content (AvgIpc) is 2.78. The first-order valence-corrected chi connectivity index (χ1v) is 10.2. The summed E-state index contributed by atoms with van der Waals surface area (Å²) in [6.07, 6.45) is 0.433. The highest BCUT2D eigenvalue weighted by molar-refractivity contribution is 5.97. The standard InChI is InChI=1S/C23H30N2O7/c1-14(2)21(32-16-9-7-6-8-10-16)18(30-5)13-31-23(28)15(3)25-22(27)19-20(26)17(29-4)11-12-24-19/h6-12,14-15,18,21,26H,13H2,1-5H3,(H,25,27)/t15-,18+,21+/m0/s1. The minimum absolute atomic E-state index is 0.0616. The molecule has 1 heterocycles. The first-order valence-electron chi connectivity index (χ1n) is 10.2. The van der Waals surface area contributed by atoms with Gasteiger partial charge in [-0.2, -0.15) is 0 Å². The number of benzene rings is 1. The van der Waals surface area contributed by atoms with Gasteiger partial charge in [0.15, 0.2) is 17.2 Å². The fraction of sp³-hybridized carbons (Fsp3) is 0.435. The van der Waals surface area contributed by atoms with Gasteiger partial charge in [-0.25, -0.2) is 9.78 Å². The third-order valence-electron chi connectivity index (χ3n) is 4.75. The molecule has 0 saturated heterocycles. The molecule has 0 aliphatic rings. The van der Waals surface area contributed by atoms with Crippen molar-refractivity contribution in [2.75, 3.05) is 20.8 Å². The van der Waals surface area contributed by atoms with Crippen LogP contribution in [0.25, 0.3) is 0 Å². The number of nitrogens with zero attached hydrogens (tertiary/aromatic N) is 1. The zero-order valence-electron chi connectivity index (χ0n) is 18.9. The maximum absolute atomic E-state index is 12.4. The smallest absolute Gasteiger partial charge is 0.328 e. The molecule has 0 aliphatic heterocycles. The second-order valence-electron chi connectivity index (χ2n) is 7.45. The average molecular weight is 447 g/mol. The Morgan fingerprint density at radius 2 is 1.78 bits per heavy atom. The molecule has 0 fully saturated rings. The van der Waals surface area contributed by atoms with Gasteiger partial charge in [0.25, 0.3) is 5.91 Å². The highest BCUT2D eigenvalue weighted by Crippen LogP contribution is 2.27. The number of hydrogen-bond donors (Lipinski definition) is 2. The number of nitrogens with one attached hydrogen (secondary N) is 1. The Hall–Kier alpha value is -3.33. The van der Waals surface area contributed by atoms with Gasteiger partial charge in [-0.05, 0) is 25.0 Å². The molecule has 2 rings (SSSR count). The molecule has 1 amide bonds. The lowest BCUT2D eigenvalue weighted by atomic mass is 10.0. The van der Waals surface area contributed by atoms with E-state index in [0.29, 0.717) is 5.75 Å². The fourth-order valence-electron chi connectivity index (χ4n) is 2.97. The number of aromatic hydroxyl groups is 1. The van der Waals surface area contributed by atoms with Crippen molar-refractivity contribution >= 4 is 11.9 Å². The number of rotatable bonds is 11. The number of carbonyl (C=O) groups is 2. The molecule has 1 aromatic heterocycles. The molecule has 32 heavy (non-hydrogen) atoms. The van der Waals surface area contributed by atoms with E-state index in [1.54, 1.807) is 0 Å². The molecule has 0 spiro atoms. The number of para-hydroxylation sites is 1. The molecule has 2 N–H and O–H groups in total. The minimum Gasteiger partial charge on any atom is -0.503 e. The number of carbonyl (C=O) groups excluding carboxylic acids is 2. The monoisotopic (exact) mass is 446 g/mol. The molecular formula is C23H30N2O7. The topological polar surface area (TPSA) is 116 Å². The van der Waals surface area contributed by atoms with Gasteiger partial charge in [0.05, 0.1) is 7.11 Å². The van der Waals surface area contributed by atoms with Gasteiger partial charge < -0.3 is 29.4 Å². The van der Waals surface area contributed by atoms with Crippen LogP contribution in [0.3, 0.4) is 0 Å². The molecule has 9 nitrogen and oxygen atoms in total. The van der Waals surface area contributed by atoms with Crippen molar-refractivity contribution in [3.8, 4) is 17.2 Å². The van der Waals surface area contributed by atoms with E-state index in [2.05, 4.69) is 10.3 Å². The van der Waals surface area contributed by atoms with Crippen molar-refractivity contribution in [1.82, 2.24) is 10.3 Å². The van der Waals surface area contributed by atoms with Crippen LogP contribution in [0.15, 0.2) is 42.6 Å². The van der Waals surface area contributed by atoms with Crippen molar-refractivity contribution in [1.29, 1.82) is 0 Å². The summed E-state index contributed by atoms with van der Waals surface area (Å²) >= 11 is 0. The van der Waals surface area contributed by atoms with Crippen LogP contribution < -0.4 is 14.8 Å². The second kappa shape index (κ2) is 11.9. The fourth-order valence-corrected chi connectivity index (χ4v) is 2.97. The van der Waals surface area contributed by atoms with Gasteiger partial charge in [-0.15, -0.1) is 0 Å². The maximum atomic E-state index is 12.4. The van der Waals surface area contributed by atoms with Gasteiger partial charge in [0.1, 0.15) is 30.6 Å². The van der Waals surface area contributed by atoms with Gasteiger partial charge >= 0.3 is 5.97 Å². The van der Waals surface area contributed by atoms with Crippen LogP contribution in [-0.2, 0) is 14.3 Å². The zero-order valence-corrected chi connectivity index (χ0v) is 18.9. The Kier molecular flexibility index (Phi) is 9.27. The first-order chi connectivity index (χ1) is 15.3. The Morgan fingerprint density at radius 1 is 1.09 bits per heavy atom. The molecule has 0 radical (unpaired) electrons. The second-order valence-corrected chi connectivity index (χ2v) is 7.45. The summed E-state index contributed by atoms with van der Waals surface area (Å²) in [5.41, 5.74) is -0.255. The van der Waals surface area contributed by atoms with Gasteiger partial charge in [-0.3, -0.25) is 4.79 Å². The predicted molar refractivity (Wildman–Crippen MR) is 117 cm³/mol. The van der Waals surface area contributed by atoms with E-state index in [-0.39, 0.29) is 30.1 Å². The molecule has 9 heteroatoms. The van der Waals surface area contributed by atoms with E-state index in [1.165, 1.54) is 33.4 Å². The lowest BCUT2D eigenvalue weighted by Gasteiger charge is -2.29. The summed E-state index contributed by atoms with van der Waals surface area (Å²) in [7, 11) is 2.87. The number of ether oxygens (including phenoxy) is 4. The molecule has 2 aromatic rings. The Bertz CT molecular complexity index is 889. The zero-order chi connectivity index (χ0) is 23.7. The summed E-state index contributed by atoms with van der Waals surface area (Å²) in [6.45, 7) is 5.38. The third kappa shape index (κ3) is 6.58. The maximum Gasteiger partial charge on any atom is 0.328 e.